The van der Waals surface area contributed by atoms with E-state index in [1.165, 1.54) is 6.26 Å². The summed E-state index contributed by atoms with van der Waals surface area (Å²) in [5.41, 5.74) is 8.38. The number of rotatable bonds is 3. The molecule has 0 spiro atoms. The molecule has 0 amide bonds. The van der Waals surface area contributed by atoms with Crippen LogP contribution in [0.4, 0.5) is 5.69 Å². The van der Waals surface area contributed by atoms with Gasteiger partial charge in [-0.1, -0.05) is 12.2 Å². The molecule has 0 aliphatic carbocycles. The van der Waals surface area contributed by atoms with Crippen LogP contribution < -0.4 is 10.6 Å². The maximum Gasteiger partial charge on any atom is 0.169 e. The van der Waals surface area contributed by atoms with Gasteiger partial charge in [-0.05, 0) is 30.7 Å². The van der Waals surface area contributed by atoms with E-state index >= 15 is 0 Å². The lowest BCUT2D eigenvalue weighted by atomic mass is 10.1. The molecule has 1 aliphatic heterocycles. The van der Waals surface area contributed by atoms with Gasteiger partial charge in [0, 0.05) is 35.6 Å². The number of nitrogens with zero attached hydrogens (tertiary/aromatic N) is 1. The van der Waals surface area contributed by atoms with E-state index in [-0.39, 0.29) is 0 Å². The van der Waals surface area contributed by atoms with Crippen LogP contribution in [0.3, 0.4) is 0 Å². The quantitative estimate of drug-likeness (QED) is 0.849. The molecule has 110 valence electrons. The Morgan fingerprint density at radius 2 is 2.20 bits per heavy atom. The first-order chi connectivity index (χ1) is 9.30. The van der Waals surface area contributed by atoms with E-state index in [4.69, 9.17) is 18.0 Å². The molecule has 1 aromatic rings. The van der Waals surface area contributed by atoms with Crippen LogP contribution in [0.2, 0.25) is 0 Å². The Kier molecular flexibility index (Phi) is 4.61. The number of nitrogens with two attached hydrogens (primary N) is 1. The molecule has 2 rings (SSSR count). The van der Waals surface area contributed by atoms with E-state index in [2.05, 4.69) is 0 Å². The summed E-state index contributed by atoms with van der Waals surface area (Å²) >= 11 is 6.68. The molecular weight excluding hydrogens is 312 g/mol. The molecule has 0 radical (unpaired) electrons. The summed E-state index contributed by atoms with van der Waals surface area (Å²) in [7, 11) is -3.11. The molecule has 1 saturated heterocycles. The van der Waals surface area contributed by atoms with E-state index in [1.807, 2.05) is 30.0 Å². The van der Waals surface area contributed by atoms with Gasteiger partial charge in [0.1, 0.15) is 10.4 Å². The number of hydrogen-bond acceptors (Lipinski definition) is 5. The third-order valence-electron chi connectivity index (χ3n) is 3.39. The highest BCUT2D eigenvalue weighted by Crippen LogP contribution is 2.28. The second-order valence-corrected chi connectivity index (χ2v) is 8.71. The third-order valence-corrected chi connectivity index (χ3v) is 6.25. The molecule has 7 heteroatoms. The predicted octanol–water partition coefficient (Wildman–Crippen LogP) is 1.55. The van der Waals surface area contributed by atoms with Gasteiger partial charge in [0.25, 0.3) is 0 Å². The average molecular weight is 331 g/mol. The minimum Gasteiger partial charge on any atom is -0.389 e. The van der Waals surface area contributed by atoms with Gasteiger partial charge in [0.05, 0.1) is 0 Å². The van der Waals surface area contributed by atoms with Gasteiger partial charge in [-0.25, -0.2) is 8.42 Å². The van der Waals surface area contributed by atoms with Crippen molar-refractivity contribution in [2.24, 2.45) is 5.73 Å². The van der Waals surface area contributed by atoms with Crippen molar-refractivity contribution in [2.45, 2.75) is 12.3 Å². The fourth-order valence-corrected chi connectivity index (χ4v) is 5.40. The Labute approximate surface area is 129 Å². The fourth-order valence-electron chi connectivity index (χ4n) is 2.33. The number of aryl methyl sites for hydroxylation is 1. The third kappa shape index (κ3) is 3.27. The van der Waals surface area contributed by atoms with Gasteiger partial charge < -0.3 is 10.6 Å². The molecule has 0 aromatic heterocycles. The summed E-state index contributed by atoms with van der Waals surface area (Å²) in [6, 6.07) is 5.73. The fraction of sp³-hybridized carbons (Fsp3) is 0.462. The van der Waals surface area contributed by atoms with Crippen LogP contribution in [0.15, 0.2) is 18.2 Å². The molecule has 1 fully saturated rings. The largest absolute Gasteiger partial charge is 0.389 e. The Balaban J connectivity index is 2.38. The predicted molar refractivity (Wildman–Crippen MR) is 90.4 cm³/mol. The van der Waals surface area contributed by atoms with Crippen LogP contribution in [0.1, 0.15) is 11.1 Å². The first-order valence-electron chi connectivity index (χ1n) is 6.24. The minimum absolute atomic E-state index is 0.364. The van der Waals surface area contributed by atoms with Crippen LogP contribution >= 0.6 is 24.0 Å². The number of thiocarbonyl (C=S) groups is 1. The Bertz CT molecular complexity index is 629. The summed E-state index contributed by atoms with van der Waals surface area (Å²) in [6.07, 6.45) is 1.30. The monoisotopic (exact) mass is 330 g/mol. The minimum atomic E-state index is -3.11. The Hall–Kier alpha value is -0.790. The van der Waals surface area contributed by atoms with Crippen molar-refractivity contribution < 1.29 is 8.42 Å². The summed E-state index contributed by atoms with van der Waals surface area (Å²) in [6.45, 7) is 2.67. The smallest absolute Gasteiger partial charge is 0.169 e. The summed E-state index contributed by atoms with van der Waals surface area (Å²) < 4.78 is 23.9. The lowest BCUT2D eigenvalue weighted by Crippen LogP contribution is -2.47. The molecule has 1 atom stereocenters. The van der Waals surface area contributed by atoms with Gasteiger partial charge in [-0.2, -0.15) is 11.8 Å². The molecule has 1 unspecified atom stereocenters. The topological polar surface area (TPSA) is 63.4 Å². The van der Waals surface area contributed by atoms with Crippen molar-refractivity contribution in [1.29, 1.82) is 0 Å². The zero-order chi connectivity index (χ0) is 14.9. The standard InChI is InChI=1S/C13H18N2O2S3/c1-9-7-10(3-4-11(9)13(14)18)15-5-6-19-8-12(15)20(2,16)17/h3-4,7,12H,5-6,8H2,1-2H3,(H2,14,18). The molecule has 2 N–H and O–H groups in total. The number of thioether (sulfide) groups is 1. The van der Waals surface area contributed by atoms with Gasteiger partial charge in [-0.15, -0.1) is 0 Å². The highest BCUT2D eigenvalue weighted by molar-refractivity contribution is 8.01. The van der Waals surface area contributed by atoms with Crippen molar-refractivity contribution in [3.05, 3.63) is 29.3 Å². The second-order valence-electron chi connectivity index (χ2n) is 4.92. The van der Waals surface area contributed by atoms with Gasteiger partial charge >= 0.3 is 0 Å². The second kappa shape index (κ2) is 5.91. The molecule has 20 heavy (non-hydrogen) atoms. The maximum atomic E-state index is 11.9. The molecule has 1 heterocycles. The van der Waals surface area contributed by atoms with E-state index in [0.717, 1.165) is 29.1 Å². The number of anilines is 1. The molecule has 0 bridgehead atoms. The van der Waals surface area contributed by atoms with Crippen LogP contribution in [0, 0.1) is 6.92 Å². The summed E-state index contributed by atoms with van der Waals surface area (Å²) in [5.74, 6) is 1.54. The van der Waals surface area contributed by atoms with Gasteiger partial charge in [0.15, 0.2) is 9.84 Å². The van der Waals surface area contributed by atoms with Crippen LogP contribution in [0.5, 0.6) is 0 Å². The lowest BCUT2D eigenvalue weighted by molar-refractivity contribution is 0.584. The molecule has 4 nitrogen and oxygen atoms in total. The van der Waals surface area contributed by atoms with Crippen LogP contribution in [0.25, 0.3) is 0 Å². The van der Waals surface area contributed by atoms with E-state index in [0.29, 0.717) is 10.7 Å². The average Bonchev–Trinajstić information content (AvgIpc) is 2.37. The van der Waals surface area contributed by atoms with Crippen molar-refractivity contribution in [3.8, 4) is 0 Å². The van der Waals surface area contributed by atoms with Gasteiger partial charge in [0.2, 0.25) is 0 Å². The van der Waals surface area contributed by atoms with Crippen molar-refractivity contribution >= 4 is 44.5 Å². The van der Waals surface area contributed by atoms with Crippen molar-refractivity contribution in [3.63, 3.8) is 0 Å². The highest BCUT2D eigenvalue weighted by Gasteiger charge is 2.31. The first-order valence-corrected chi connectivity index (χ1v) is 9.76. The first kappa shape index (κ1) is 15.6. The number of sulfone groups is 1. The Morgan fingerprint density at radius 1 is 1.50 bits per heavy atom. The number of hydrogen-bond donors (Lipinski definition) is 1. The molecule has 1 aliphatic rings. The van der Waals surface area contributed by atoms with Crippen LogP contribution in [-0.4, -0.2) is 43.1 Å². The zero-order valence-corrected chi connectivity index (χ0v) is 13.9. The van der Waals surface area contributed by atoms with E-state index < -0.39 is 15.2 Å². The summed E-state index contributed by atoms with van der Waals surface area (Å²) in [5, 5.41) is -0.462. The molecule has 0 saturated carbocycles. The van der Waals surface area contributed by atoms with E-state index in [9.17, 15) is 8.42 Å². The lowest BCUT2D eigenvalue weighted by Gasteiger charge is -2.36. The Morgan fingerprint density at radius 3 is 2.75 bits per heavy atom. The van der Waals surface area contributed by atoms with Crippen LogP contribution in [-0.2, 0) is 9.84 Å². The maximum absolute atomic E-state index is 11.9. The zero-order valence-electron chi connectivity index (χ0n) is 11.5. The van der Waals surface area contributed by atoms with Crippen molar-refractivity contribution in [1.82, 2.24) is 0 Å². The SMILES string of the molecule is Cc1cc(N2CCSCC2S(C)(=O)=O)ccc1C(N)=S. The normalized spacial score (nSPS) is 19.9. The number of benzene rings is 1. The van der Waals surface area contributed by atoms with E-state index in [1.54, 1.807) is 11.8 Å². The highest BCUT2D eigenvalue weighted by atomic mass is 32.2. The van der Waals surface area contributed by atoms with Crippen molar-refractivity contribution in [2.75, 3.05) is 29.2 Å². The van der Waals surface area contributed by atoms with Gasteiger partial charge in [-0.3, -0.25) is 0 Å². The molecular formula is C13H18N2O2S3. The molecule has 1 aromatic carbocycles. The summed E-state index contributed by atoms with van der Waals surface area (Å²) in [4.78, 5) is 2.32.